The quantitative estimate of drug-likeness (QED) is 0.636. The third kappa shape index (κ3) is 4.96. The summed E-state index contributed by atoms with van der Waals surface area (Å²) < 4.78 is 25.0. The van der Waals surface area contributed by atoms with Crippen LogP contribution in [-0.4, -0.2) is 43.1 Å². The van der Waals surface area contributed by atoms with E-state index >= 15 is 0 Å². The van der Waals surface area contributed by atoms with Gasteiger partial charge in [0, 0.05) is 30.3 Å². The molecule has 0 aliphatic carbocycles. The van der Waals surface area contributed by atoms with Crippen LogP contribution in [0.2, 0.25) is 0 Å². The Morgan fingerprint density at radius 1 is 1.03 bits per heavy atom. The Hall–Kier alpha value is -1.27. The van der Waals surface area contributed by atoms with Crippen LogP contribution in [-0.2, 0) is 30.3 Å². The number of Topliss-reactive ketones (excluding diaryl/α,β-unsaturated/α-hetero) is 1. The van der Waals surface area contributed by atoms with Crippen molar-refractivity contribution in [3.05, 3.63) is 35.9 Å². The number of ether oxygens (including phenoxy) is 4. The molecule has 0 saturated carbocycles. The third-order valence-electron chi connectivity index (χ3n) is 6.17. The van der Waals surface area contributed by atoms with Crippen LogP contribution in [0.15, 0.2) is 30.3 Å². The first-order valence-electron chi connectivity index (χ1n) is 11.2. The third-order valence-corrected chi connectivity index (χ3v) is 6.17. The van der Waals surface area contributed by atoms with E-state index in [0.29, 0.717) is 39.1 Å². The van der Waals surface area contributed by atoms with Crippen molar-refractivity contribution in [2.45, 2.75) is 91.5 Å². The van der Waals surface area contributed by atoms with Gasteiger partial charge in [-0.2, -0.15) is 0 Å². The zero-order chi connectivity index (χ0) is 22.0. The minimum Gasteiger partial charge on any atom is -0.377 e. The molecule has 5 heteroatoms. The highest BCUT2D eigenvalue weighted by Crippen LogP contribution is 2.51. The maximum Gasteiger partial charge on any atom is 0.178 e. The molecule has 0 radical (unpaired) electrons. The largest absolute Gasteiger partial charge is 0.377 e. The number of fused-ring (bicyclic) bond motifs is 1. The van der Waals surface area contributed by atoms with E-state index in [1.807, 2.05) is 30.3 Å². The molecule has 0 N–H and O–H groups in total. The highest BCUT2D eigenvalue weighted by atomic mass is 16.7. The summed E-state index contributed by atoms with van der Waals surface area (Å²) in [6.45, 7) is 14.3. The fourth-order valence-corrected chi connectivity index (χ4v) is 4.83. The number of carbonyl (C=O) groups is 1. The summed E-state index contributed by atoms with van der Waals surface area (Å²) in [5.74, 6) is -0.597. The summed E-state index contributed by atoms with van der Waals surface area (Å²) in [5.41, 5.74) is 0.703. The van der Waals surface area contributed by atoms with Gasteiger partial charge in [-0.25, -0.2) is 0 Å². The second-order valence-corrected chi connectivity index (χ2v) is 10.6. The Morgan fingerprint density at radius 3 is 2.33 bits per heavy atom. The van der Waals surface area contributed by atoms with Crippen molar-refractivity contribution >= 4 is 5.78 Å². The molecule has 2 saturated heterocycles. The fourth-order valence-electron chi connectivity index (χ4n) is 4.83. The molecule has 0 aromatic heterocycles. The van der Waals surface area contributed by atoms with Crippen LogP contribution in [0.4, 0.5) is 0 Å². The molecule has 0 amide bonds. The van der Waals surface area contributed by atoms with Crippen molar-refractivity contribution in [3.63, 3.8) is 0 Å². The average molecular weight is 419 g/mol. The molecule has 1 aromatic carbocycles. The lowest BCUT2D eigenvalue weighted by molar-refractivity contribution is -0.398. The van der Waals surface area contributed by atoms with E-state index in [9.17, 15) is 4.79 Å². The number of rotatable bonds is 5. The van der Waals surface area contributed by atoms with E-state index < -0.39 is 11.9 Å². The van der Waals surface area contributed by atoms with Crippen LogP contribution < -0.4 is 0 Å². The molecule has 2 aliphatic rings. The Morgan fingerprint density at radius 2 is 1.70 bits per heavy atom. The van der Waals surface area contributed by atoms with Crippen LogP contribution in [0.1, 0.15) is 66.4 Å². The molecule has 3 atom stereocenters. The summed E-state index contributed by atoms with van der Waals surface area (Å²) in [6, 6.07) is 10.0. The van der Waals surface area contributed by atoms with E-state index in [1.165, 1.54) is 0 Å². The van der Waals surface area contributed by atoms with E-state index in [-0.39, 0.29) is 28.8 Å². The maximum absolute atomic E-state index is 12.7. The monoisotopic (exact) mass is 418 g/mol. The van der Waals surface area contributed by atoms with Crippen LogP contribution >= 0.6 is 0 Å². The smallest absolute Gasteiger partial charge is 0.178 e. The van der Waals surface area contributed by atoms with Crippen molar-refractivity contribution in [3.8, 4) is 0 Å². The summed E-state index contributed by atoms with van der Waals surface area (Å²) in [7, 11) is 0. The van der Waals surface area contributed by atoms with Gasteiger partial charge in [-0.1, -0.05) is 71.9 Å². The van der Waals surface area contributed by atoms with Crippen LogP contribution in [0.3, 0.4) is 0 Å². The lowest BCUT2D eigenvalue weighted by atomic mass is 9.69. The Kier molecular flexibility index (Phi) is 7.08. The fraction of sp³-hybridized carbons (Fsp3) is 0.720. The number of ketones is 1. The van der Waals surface area contributed by atoms with Crippen molar-refractivity contribution < 1.29 is 23.7 Å². The predicted octanol–water partition coefficient (Wildman–Crippen LogP) is 4.91. The number of hydrogen-bond donors (Lipinski definition) is 0. The maximum atomic E-state index is 12.7. The van der Waals surface area contributed by atoms with Crippen LogP contribution in [0.25, 0.3) is 0 Å². The van der Waals surface area contributed by atoms with Gasteiger partial charge in [0.25, 0.3) is 0 Å². The number of benzene rings is 1. The molecular weight excluding hydrogens is 380 g/mol. The molecule has 0 unspecified atom stereocenters. The molecule has 30 heavy (non-hydrogen) atoms. The van der Waals surface area contributed by atoms with E-state index in [0.717, 1.165) is 5.56 Å². The van der Waals surface area contributed by atoms with Gasteiger partial charge < -0.3 is 18.9 Å². The first-order valence-corrected chi connectivity index (χ1v) is 11.2. The topological polar surface area (TPSA) is 54.0 Å². The van der Waals surface area contributed by atoms with E-state index in [1.54, 1.807) is 0 Å². The van der Waals surface area contributed by atoms with Crippen molar-refractivity contribution in [1.29, 1.82) is 0 Å². The van der Waals surface area contributed by atoms with E-state index in [4.69, 9.17) is 18.9 Å². The molecule has 5 nitrogen and oxygen atoms in total. The minimum atomic E-state index is -0.730. The Bertz CT molecular complexity index is 686. The first-order chi connectivity index (χ1) is 14.0. The Labute approximate surface area is 181 Å². The van der Waals surface area contributed by atoms with Gasteiger partial charge in [0.15, 0.2) is 11.6 Å². The SMILES string of the molecule is CC(C)(C)C1(C(C)(C)C)OC[C@H]2O[C@@H](CCOCc3ccccc3)C(=O)CC[C@@H]2O1. The second kappa shape index (κ2) is 9.07. The lowest BCUT2D eigenvalue weighted by Crippen LogP contribution is -2.64. The van der Waals surface area contributed by atoms with Gasteiger partial charge in [0.05, 0.1) is 19.3 Å². The van der Waals surface area contributed by atoms with Gasteiger partial charge in [-0.15, -0.1) is 0 Å². The lowest BCUT2D eigenvalue weighted by Gasteiger charge is -2.57. The van der Waals surface area contributed by atoms with Gasteiger partial charge >= 0.3 is 0 Å². The highest BCUT2D eigenvalue weighted by Gasteiger charge is 2.58. The van der Waals surface area contributed by atoms with E-state index in [2.05, 4.69) is 41.5 Å². The second-order valence-electron chi connectivity index (χ2n) is 10.6. The molecule has 0 spiro atoms. The predicted molar refractivity (Wildman–Crippen MR) is 116 cm³/mol. The van der Waals surface area contributed by atoms with Gasteiger partial charge in [-0.3, -0.25) is 4.79 Å². The van der Waals surface area contributed by atoms with Crippen molar-refractivity contribution in [1.82, 2.24) is 0 Å². The first kappa shape index (κ1) is 23.4. The van der Waals surface area contributed by atoms with Gasteiger partial charge in [-0.05, 0) is 12.0 Å². The number of carbonyl (C=O) groups excluding carboxylic acids is 1. The summed E-state index contributed by atoms with van der Waals surface area (Å²) in [6.07, 6.45) is 0.861. The normalized spacial score (nSPS) is 27.4. The molecule has 1 aromatic rings. The Balaban J connectivity index is 1.60. The van der Waals surface area contributed by atoms with Gasteiger partial charge in [0.2, 0.25) is 0 Å². The highest BCUT2D eigenvalue weighted by molar-refractivity contribution is 5.83. The summed E-state index contributed by atoms with van der Waals surface area (Å²) in [4.78, 5) is 12.7. The molecular formula is C25H38O5. The standard InChI is InChI=1S/C25H38O5/c1-23(2,3)25(24(4,5)6)28-17-22-21(30-25)13-12-19(26)20(29-22)14-15-27-16-18-10-8-7-9-11-18/h7-11,20-22H,12-17H2,1-6H3/t20-,21-,22+/m0/s1. The van der Waals surface area contributed by atoms with Crippen molar-refractivity contribution in [2.24, 2.45) is 10.8 Å². The van der Waals surface area contributed by atoms with Crippen LogP contribution in [0, 0.1) is 10.8 Å². The zero-order valence-corrected chi connectivity index (χ0v) is 19.4. The van der Waals surface area contributed by atoms with Crippen LogP contribution in [0.5, 0.6) is 0 Å². The molecule has 0 bridgehead atoms. The molecule has 2 aliphatic heterocycles. The average Bonchev–Trinajstić information content (AvgIpc) is 2.83. The number of hydrogen-bond acceptors (Lipinski definition) is 5. The van der Waals surface area contributed by atoms with Crippen molar-refractivity contribution in [2.75, 3.05) is 13.2 Å². The molecule has 3 rings (SSSR count). The summed E-state index contributed by atoms with van der Waals surface area (Å²) in [5, 5.41) is 0. The molecule has 2 heterocycles. The molecule has 2 fully saturated rings. The van der Waals surface area contributed by atoms with Gasteiger partial charge in [0.1, 0.15) is 12.2 Å². The zero-order valence-electron chi connectivity index (χ0n) is 19.4. The molecule has 168 valence electrons. The minimum absolute atomic E-state index is 0.133. The summed E-state index contributed by atoms with van der Waals surface area (Å²) >= 11 is 0.